The van der Waals surface area contributed by atoms with Crippen LogP contribution in [-0.2, 0) is 32.8 Å². The van der Waals surface area contributed by atoms with E-state index in [2.05, 4.69) is 21.6 Å². The molecule has 1 fully saturated rings. The molecule has 1 aromatic heterocycles. The third kappa shape index (κ3) is 4.48. The maximum absolute atomic E-state index is 12.4. The van der Waals surface area contributed by atoms with Gasteiger partial charge in [0.1, 0.15) is 5.60 Å². The highest BCUT2D eigenvalue weighted by molar-refractivity contribution is 5.91. The minimum atomic E-state index is -0.370. The monoisotopic (exact) mass is 417 g/mol. The van der Waals surface area contributed by atoms with Gasteiger partial charge in [-0.25, -0.2) is 0 Å². The molecule has 0 unspecified atom stereocenters. The summed E-state index contributed by atoms with van der Waals surface area (Å²) in [7, 11) is 1.68. The molecule has 1 amide bonds. The second kappa shape index (κ2) is 8.68. The van der Waals surface area contributed by atoms with Crippen molar-refractivity contribution in [2.24, 2.45) is 0 Å². The number of aromatic nitrogens is 3. The first-order valence-corrected chi connectivity index (χ1v) is 9.93. The number of methoxy groups -OCH3 is 1. The predicted molar refractivity (Wildman–Crippen MR) is 113 cm³/mol. The van der Waals surface area contributed by atoms with Crippen LogP contribution in [0.1, 0.15) is 27.8 Å². The van der Waals surface area contributed by atoms with Crippen molar-refractivity contribution in [3.63, 3.8) is 0 Å². The molecular formula is C23H23N5O3. The van der Waals surface area contributed by atoms with Crippen LogP contribution in [0.2, 0.25) is 0 Å². The lowest BCUT2D eigenvalue weighted by molar-refractivity contribution is -0.202. The molecule has 158 valence electrons. The Bertz CT molecular complexity index is 1120. The van der Waals surface area contributed by atoms with E-state index in [-0.39, 0.29) is 17.9 Å². The number of benzene rings is 2. The van der Waals surface area contributed by atoms with E-state index in [1.165, 1.54) is 11.0 Å². The molecular weight excluding hydrogens is 394 g/mol. The molecule has 1 aliphatic heterocycles. The predicted octanol–water partition coefficient (Wildman–Crippen LogP) is 2.56. The molecule has 0 saturated carbocycles. The first kappa shape index (κ1) is 20.7. The number of amides is 1. The molecule has 2 aromatic carbocycles. The number of hydrogen-bond donors (Lipinski definition) is 1. The molecule has 2 heterocycles. The van der Waals surface area contributed by atoms with Crippen molar-refractivity contribution in [2.45, 2.75) is 25.5 Å². The summed E-state index contributed by atoms with van der Waals surface area (Å²) in [5, 5.41) is 20.4. The van der Waals surface area contributed by atoms with Crippen molar-refractivity contribution in [3.05, 3.63) is 76.5 Å². The van der Waals surface area contributed by atoms with Crippen molar-refractivity contribution >= 4 is 11.7 Å². The van der Waals surface area contributed by atoms with E-state index in [1.54, 1.807) is 7.11 Å². The number of carbonyl (C=O) groups excluding carboxylic acids is 1. The van der Waals surface area contributed by atoms with Gasteiger partial charge < -0.3 is 14.8 Å². The third-order valence-corrected chi connectivity index (χ3v) is 5.46. The average molecular weight is 417 g/mol. The van der Waals surface area contributed by atoms with E-state index in [4.69, 9.17) is 14.7 Å². The summed E-state index contributed by atoms with van der Waals surface area (Å²) in [4.78, 5) is 13.9. The molecule has 3 aromatic rings. The third-order valence-electron chi connectivity index (χ3n) is 5.46. The SMILES string of the molecule is COC1(c2ccc(CC(=O)Nc3cnn(Cc4ccc(C)c(C#N)c4)n3)cc2)COC1. The van der Waals surface area contributed by atoms with Gasteiger partial charge >= 0.3 is 0 Å². The van der Waals surface area contributed by atoms with E-state index < -0.39 is 0 Å². The van der Waals surface area contributed by atoms with Crippen LogP contribution < -0.4 is 5.32 Å². The number of carbonyl (C=O) groups is 1. The van der Waals surface area contributed by atoms with E-state index in [0.29, 0.717) is 31.1 Å². The van der Waals surface area contributed by atoms with Crippen molar-refractivity contribution in [2.75, 3.05) is 25.6 Å². The topological polar surface area (TPSA) is 102 Å². The maximum Gasteiger partial charge on any atom is 0.230 e. The molecule has 0 radical (unpaired) electrons. The molecule has 8 nitrogen and oxygen atoms in total. The van der Waals surface area contributed by atoms with Crippen LogP contribution in [0.15, 0.2) is 48.7 Å². The van der Waals surface area contributed by atoms with Crippen LogP contribution in [0.5, 0.6) is 0 Å². The average Bonchev–Trinajstić information content (AvgIpc) is 3.16. The highest BCUT2D eigenvalue weighted by Gasteiger charge is 2.40. The lowest BCUT2D eigenvalue weighted by atomic mass is 9.91. The zero-order chi connectivity index (χ0) is 21.8. The van der Waals surface area contributed by atoms with Crippen LogP contribution >= 0.6 is 0 Å². The summed E-state index contributed by atoms with van der Waals surface area (Å²) in [5.74, 6) is 0.217. The van der Waals surface area contributed by atoms with Gasteiger partial charge in [-0.1, -0.05) is 36.4 Å². The number of aryl methyl sites for hydroxylation is 1. The molecule has 0 aliphatic carbocycles. The Morgan fingerprint density at radius 2 is 2.00 bits per heavy atom. The normalized spacial score (nSPS) is 14.5. The molecule has 4 rings (SSSR count). The Balaban J connectivity index is 1.34. The highest BCUT2D eigenvalue weighted by atomic mass is 16.6. The van der Waals surface area contributed by atoms with Crippen LogP contribution in [0.4, 0.5) is 5.82 Å². The van der Waals surface area contributed by atoms with Crippen molar-refractivity contribution in [1.82, 2.24) is 15.0 Å². The van der Waals surface area contributed by atoms with Crippen molar-refractivity contribution in [3.8, 4) is 6.07 Å². The van der Waals surface area contributed by atoms with Crippen LogP contribution in [0, 0.1) is 18.3 Å². The van der Waals surface area contributed by atoms with Gasteiger partial charge in [0.05, 0.1) is 44.0 Å². The number of rotatable bonds is 7. The smallest absolute Gasteiger partial charge is 0.230 e. The van der Waals surface area contributed by atoms with Crippen LogP contribution in [0.25, 0.3) is 0 Å². The Morgan fingerprint density at radius 3 is 2.65 bits per heavy atom. The number of nitrogens with zero attached hydrogens (tertiary/aromatic N) is 4. The fourth-order valence-electron chi connectivity index (χ4n) is 3.47. The Morgan fingerprint density at radius 1 is 1.26 bits per heavy atom. The highest BCUT2D eigenvalue weighted by Crippen LogP contribution is 2.33. The Kier molecular flexibility index (Phi) is 5.80. The molecule has 0 spiro atoms. The van der Waals surface area contributed by atoms with Gasteiger partial charge in [0, 0.05) is 7.11 Å². The zero-order valence-electron chi connectivity index (χ0n) is 17.5. The summed E-state index contributed by atoms with van der Waals surface area (Å²) >= 11 is 0. The van der Waals surface area contributed by atoms with Gasteiger partial charge in [0.15, 0.2) is 5.82 Å². The van der Waals surface area contributed by atoms with Crippen LogP contribution in [0.3, 0.4) is 0 Å². The lowest BCUT2D eigenvalue weighted by Crippen LogP contribution is -2.48. The van der Waals surface area contributed by atoms with E-state index >= 15 is 0 Å². The maximum atomic E-state index is 12.4. The summed E-state index contributed by atoms with van der Waals surface area (Å²) in [6.45, 7) is 3.39. The van der Waals surface area contributed by atoms with Crippen molar-refractivity contribution < 1.29 is 14.3 Å². The molecule has 1 aliphatic rings. The second-order valence-electron chi connectivity index (χ2n) is 7.63. The van der Waals surface area contributed by atoms with Gasteiger partial charge in [0.2, 0.25) is 5.91 Å². The van der Waals surface area contributed by atoms with E-state index in [1.807, 2.05) is 49.4 Å². The van der Waals surface area contributed by atoms with Gasteiger partial charge in [0.25, 0.3) is 0 Å². The van der Waals surface area contributed by atoms with Crippen LogP contribution in [-0.4, -0.2) is 41.2 Å². The Labute approximate surface area is 180 Å². The number of hydrogen-bond acceptors (Lipinski definition) is 6. The molecule has 1 N–H and O–H groups in total. The second-order valence-corrected chi connectivity index (χ2v) is 7.63. The fourth-order valence-corrected chi connectivity index (χ4v) is 3.47. The first-order chi connectivity index (χ1) is 15.0. The minimum absolute atomic E-state index is 0.171. The first-order valence-electron chi connectivity index (χ1n) is 9.93. The summed E-state index contributed by atoms with van der Waals surface area (Å²) in [5.41, 5.74) is 4.05. The summed E-state index contributed by atoms with van der Waals surface area (Å²) in [6, 6.07) is 15.6. The molecule has 8 heteroatoms. The molecule has 0 bridgehead atoms. The fraction of sp³-hybridized carbons (Fsp3) is 0.304. The largest absolute Gasteiger partial charge is 0.375 e. The Hall–Kier alpha value is -3.54. The number of nitriles is 1. The van der Waals surface area contributed by atoms with Gasteiger partial charge in [-0.05, 0) is 35.2 Å². The lowest BCUT2D eigenvalue weighted by Gasteiger charge is -2.40. The van der Waals surface area contributed by atoms with Crippen molar-refractivity contribution in [1.29, 1.82) is 5.26 Å². The molecule has 31 heavy (non-hydrogen) atoms. The van der Waals surface area contributed by atoms with Gasteiger partial charge in [-0.2, -0.15) is 15.2 Å². The number of ether oxygens (including phenoxy) is 2. The standard InChI is InChI=1S/C23H23N5O3/c1-16-3-4-18(9-19(16)11-24)13-28-25-12-21(27-28)26-22(29)10-17-5-7-20(8-6-17)23(30-2)14-31-15-23/h3-9,12H,10,13-15H2,1-2H3,(H,26,27,29). The van der Waals surface area contributed by atoms with Gasteiger partial charge in [-0.3, -0.25) is 4.79 Å². The van der Waals surface area contributed by atoms with E-state index in [0.717, 1.165) is 22.3 Å². The molecule has 0 atom stereocenters. The number of anilines is 1. The minimum Gasteiger partial charge on any atom is -0.375 e. The zero-order valence-corrected chi connectivity index (χ0v) is 17.5. The summed E-state index contributed by atoms with van der Waals surface area (Å²) < 4.78 is 10.9. The quantitative estimate of drug-likeness (QED) is 0.634. The number of nitrogens with one attached hydrogen (secondary N) is 1. The molecule has 1 saturated heterocycles. The van der Waals surface area contributed by atoms with E-state index in [9.17, 15) is 4.79 Å². The summed E-state index contributed by atoms with van der Waals surface area (Å²) in [6.07, 6.45) is 1.74. The van der Waals surface area contributed by atoms with Gasteiger partial charge in [-0.15, -0.1) is 5.10 Å².